The zero-order valence-electron chi connectivity index (χ0n) is 9.16. The highest BCUT2D eigenvalue weighted by atomic mass is 32.2. The lowest BCUT2D eigenvalue weighted by Gasteiger charge is -2.22. The Morgan fingerprint density at radius 1 is 1.47 bits per heavy atom. The monoisotopic (exact) mass is 274 g/mol. The molecule has 94 valence electrons. The molecule has 0 spiro atoms. The van der Waals surface area contributed by atoms with Crippen molar-refractivity contribution in [2.24, 2.45) is 0 Å². The number of rotatable bonds is 6. The number of hydrogen-bond acceptors (Lipinski definition) is 4. The molecule has 1 atom stereocenters. The Morgan fingerprint density at radius 3 is 2.47 bits per heavy atom. The van der Waals surface area contributed by atoms with E-state index >= 15 is 0 Å². The summed E-state index contributed by atoms with van der Waals surface area (Å²) in [4.78, 5) is 11.6. The maximum Gasteiger partial charge on any atom is 0.318 e. The SMILES string of the molecule is CSc1ccc(CN(CC(=O)O)S(=O)[O-])cc1. The third-order valence-electron chi connectivity index (χ3n) is 2.04. The molecule has 0 aliphatic heterocycles. The first-order valence-corrected chi connectivity index (χ1v) is 6.97. The number of carboxylic acids is 1. The molecule has 1 rings (SSSR count). The number of aliphatic carboxylic acids is 1. The number of carbonyl (C=O) groups is 1. The van der Waals surface area contributed by atoms with Gasteiger partial charge in [-0.15, -0.1) is 11.8 Å². The van der Waals surface area contributed by atoms with E-state index in [-0.39, 0.29) is 6.54 Å². The summed E-state index contributed by atoms with van der Waals surface area (Å²) < 4.78 is 22.5. The van der Waals surface area contributed by atoms with Gasteiger partial charge in [-0.05, 0) is 24.0 Å². The normalized spacial score (nSPS) is 12.6. The Hall–Kier alpha value is -0.890. The molecule has 0 aliphatic rings. The van der Waals surface area contributed by atoms with Crippen LogP contribution in [0.3, 0.4) is 0 Å². The van der Waals surface area contributed by atoms with Crippen LogP contribution in [-0.2, 0) is 22.6 Å². The van der Waals surface area contributed by atoms with Gasteiger partial charge >= 0.3 is 5.97 Å². The minimum absolute atomic E-state index is 0.0665. The second-order valence-corrected chi connectivity index (χ2v) is 5.09. The molecular formula is C10H12NO4S2-. The Kier molecular flexibility index (Phi) is 5.63. The molecule has 17 heavy (non-hydrogen) atoms. The lowest BCUT2D eigenvalue weighted by atomic mass is 10.2. The minimum Gasteiger partial charge on any atom is -0.760 e. The lowest BCUT2D eigenvalue weighted by Crippen LogP contribution is -2.30. The smallest absolute Gasteiger partial charge is 0.318 e. The van der Waals surface area contributed by atoms with Gasteiger partial charge in [0, 0.05) is 22.7 Å². The number of benzene rings is 1. The topological polar surface area (TPSA) is 80.7 Å². The molecule has 0 aromatic heterocycles. The fourth-order valence-corrected chi connectivity index (χ4v) is 2.13. The molecule has 1 aromatic rings. The zero-order valence-corrected chi connectivity index (χ0v) is 10.8. The van der Waals surface area contributed by atoms with Gasteiger partial charge in [-0.1, -0.05) is 12.1 Å². The van der Waals surface area contributed by atoms with Crippen molar-refractivity contribution in [3.63, 3.8) is 0 Å². The van der Waals surface area contributed by atoms with Crippen LogP contribution in [0, 0.1) is 0 Å². The van der Waals surface area contributed by atoms with Crippen LogP contribution in [0.25, 0.3) is 0 Å². The van der Waals surface area contributed by atoms with Crippen molar-refractivity contribution in [1.82, 2.24) is 4.31 Å². The number of thioether (sulfide) groups is 1. The molecule has 1 N–H and O–H groups in total. The maximum atomic E-state index is 10.8. The maximum absolute atomic E-state index is 10.8. The quantitative estimate of drug-likeness (QED) is 0.620. The van der Waals surface area contributed by atoms with Crippen molar-refractivity contribution in [3.05, 3.63) is 29.8 Å². The summed E-state index contributed by atoms with van der Waals surface area (Å²) >= 11 is -0.950. The first-order chi connectivity index (χ1) is 8.02. The van der Waals surface area contributed by atoms with Gasteiger partial charge < -0.3 is 9.66 Å². The molecule has 0 radical (unpaired) electrons. The van der Waals surface area contributed by atoms with E-state index in [2.05, 4.69) is 0 Å². The van der Waals surface area contributed by atoms with Crippen LogP contribution >= 0.6 is 11.8 Å². The molecule has 1 aromatic carbocycles. The van der Waals surface area contributed by atoms with E-state index in [1.807, 2.05) is 18.4 Å². The predicted molar refractivity (Wildman–Crippen MR) is 65.2 cm³/mol. The van der Waals surface area contributed by atoms with Crippen LogP contribution < -0.4 is 0 Å². The summed E-state index contributed by atoms with van der Waals surface area (Å²) in [6.45, 7) is -0.461. The van der Waals surface area contributed by atoms with E-state index in [1.165, 1.54) is 0 Å². The fourth-order valence-electron chi connectivity index (χ4n) is 1.25. The van der Waals surface area contributed by atoms with Crippen molar-refractivity contribution < 1.29 is 18.7 Å². The van der Waals surface area contributed by atoms with E-state index in [9.17, 15) is 13.6 Å². The van der Waals surface area contributed by atoms with Crippen molar-refractivity contribution in [2.75, 3.05) is 12.8 Å². The van der Waals surface area contributed by atoms with E-state index in [0.29, 0.717) is 0 Å². The summed E-state index contributed by atoms with van der Waals surface area (Å²) in [6, 6.07) is 7.31. The van der Waals surface area contributed by atoms with Gasteiger partial charge in [0.1, 0.15) is 6.54 Å². The summed E-state index contributed by atoms with van der Waals surface area (Å²) in [5.74, 6) is -1.17. The highest BCUT2D eigenvalue weighted by Gasteiger charge is 2.10. The van der Waals surface area contributed by atoms with Crippen LogP contribution in [0.15, 0.2) is 29.2 Å². The second kappa shape index (κ2) is 6.75. The van der Waals surface area contributed by atoms with Crippen LogP contribution in [0.5, 0.6) is 0 Å². The molecule has 0 fully saturated rings. The molecule has 0 heterocycles. The van der Waals surface area contributed by atoms with E-state index in [0.717, 1.165) is 14.8 Å². The van der Waals surface area contributed by atoms with Gasteiger partial charge in [0.2, 0.25) is 0 Å². The third-order valence-corrected chi connectivity index (χ3v) is 3.46. The molecular weight excluding hydrogens is 262 g/mol. The van der Waals surface area contributed by atoms with Gasteiger partial charge in [0.05, 0.1) is 0 Å². The third kappa shape index (κ3) is 4.86. The molecule has 1 unspecified atom stereocenters. The average Bonchev–Trinajstić information content (AvgIpc) is 2.28. The zero-order chi connectivity index (χ0) is 12.8. The van der Waals surface area contributed by atoms with Crippen molar-refractivity contribution in [3.8, 4) is 0 Å². The van der Waals surface area contributed by atoms with Gasteiger partial charge in [-0.25, -0.2) is 4.31 Å². The first kappa shape index (κ1) is 14.2. The van der Waals surface area contributed by atoms with E-state index in [4.69, 9.17) is 5.11 Å². The number of hydrogen-bond donors (Lipinski definition) is 1. The molecule has 7 heteroatoms. The Morgan fingerprint density at radius 2 is 2.06 bits per heavy atom. The number of nitrogens with zero attached hydrogens (tertiary/aromatic N) is 1. The van der Waals surface area contributed by atoms with Crippen molar-refractivity contribution >= 4 is 29.0 Å². The highest BCUT2D eigenvalue weighted by Crippen LogP contribution is 2.16. The summed E-state index contributed by atoms with van der Waals surface area (Å²) in [5, 5.41) is 8.57. The van der Waals surface area contributed by atoms with Gasteiger partial charge in [0.15, 0.2) is 0 Å². The van der Waals surface area contributed by atoms with Crippen LogP contribution in [0.2, 0.25) is 0 Å². The van der Waals surface area contributed by atoms with Crippen molar-refractivity contribution in [1.29, 1.82) is 0 Å². The Balaban J connectivity index is 2.71. The van der Waals surface area contributed by atoms with Crippen LogP contribution in [0.4, 0.5) is 0 Å². The Bertz CT molecular complexity index is 407. The van der Waals surface area contributed by atoms with Gasteiger partial charge in [-0.2, -0.15) is 0 Å². The van der Waals surface area contributed by atoms with Crippen molar-refractivity contribution in [2.45, 2.75) is 11.4 Å². The molecule has 0 bridgehead atoms. The fraction of sp³-hybridized carbons (Fsp3) is 0.300. The van der Waals surface area contributed by atoms with Gasteiger partial charge in [-0.3, -0.25) is 9.00 Å². The molecule has 0 saturated carbocycles. The van der Waals surface area contributed by atoms with Gasteiger partial charge in [0.25, 0.3) is 0 Å². The van der Waals surface area contributed by atoms with Crippen LogP contribution in [-0.4, -0.2) is 36.9 Å². The van der Waals surface area contributed by atoms with E-state index < -0.39 is 23.8 Å². The standard InChI is InChI=1S/C10H13NO4S2/c1-16-9-4-2-8(3-5-9)6-11(17(14)15)7-10(12)13/h2-5H,6-7H2,1H3,(H,12,13)(H,14,15)/p-1. The predicted octanol–water partition coefficient (Wildman–Crippen LogP) is 1.09. The average molecular weight is 274 g/mol. The largest absolute Gasteiger partial charge is 0.760 e. The molecule has 0 saturated heterocycles. The summed E-state index contributed by atoms with van der Waals surface area (Å²) in [6.07, 6.45) is 1.94. The number of carboxylic acid groups (broad SMARTS) is 1. The Labute approximate surface area is 106 Å². The highest BCUT2D eigenvalue weighted by molar-refractivity contribution is 7.98. The first-order valence-electron chi connectivity index (χ1n) is 4.72. The van der Waals surface area contributed by atoms with Crippen LogP contribution in [0.1, 0.15) is 5.56 Å². The summed E-state index contributed by atoms with van der Waals surface area (Å²) in [7, 11) is 0. The van der Waals surface area contributed by atoms with E-state index in [1.54, 1.807) is 23.9 Å². The summed E-state index contributed by atoms with van der Waals surface area (Å²) in [5.41, 5.74) is 0.758. The molecule has 0 amide bonds. The molecule has 0 aliphatic carbocycles. The second-order valence-electron chi connectivity index (χ2n) is 3.26. The lowest BCUT2D eigenvalue weighted by molar-refractivity contribution is -0.137. The minimum atomic E-state index is -2.53. The molecule has 5 nitrogen and oxygen atoms in total.